The van der Waals surface area contributed by atoms with Gasteiger partial charge in [-0.25, -0.2) is 9.18 Å². The van der Waals surface area contributed by atoms with Crippen molar-refractivity contribution in [2.75, 3.05) is 31.1 Å². The van der Waals surface area contributed by atoms with E-state index < -0.39 is 0 Å². The van der Waals surface area contributed by atoms with E-state index in [0.717, 1.165) is 17.0 Å². The number of likely N-dealkylation sites (tertiary alicyclic amines) is 1. The van der Waals surface area contributed by atoms with Crippen molar-refractivity contribution in [2.45, 2.75) is 19.4 Å². The van der Waals surface area contributed by atoms with Crippen molar-refractivity contribution < 1.29 is 18.7 Å². The first kappa shape index (κ1) is 19.2. The molecule has 0 spiro atoms. The third-order valence-electron chi connectivity index (χ3n) is 5.45. The van der Waals surface area contributed by atoms with Crippen LogP contribution < -0.4 is 15.0 Å². The highest BCUT2D eigenvalue weighted by atomic mass is 19.1. The summed E-state index contributed by atoms with van der Waals surface area (Å²) in [5, 5.41) is 2.88. The van der Waals surface area contributed by atoms with Crippen LogP contribution >= 0.6 is 0 Å². The van der Waals surface area contributed by atoms with Crippen LogP contribution in [0.25, 0.3) is 0 Å². The normalized spacial score (nSPS) is 16.7. The molecule has 1 N–H and O–H groups in total. The highest BCUT2D eigenvalue weighted by Crippen LogP contribution is 2.32. The molecule has 0 bridgehead atoms. The molecule has 6 nitrogen and oxygen atoms in total. The fourth-order valence-electron chi connectivity index (χ4n) is 3.85. The number of benzene rings is 2. The van der Waals surface area contributed by atoms with Gasteiger partial charge in [0.1, 0.15) is 18.2 Å². The van der Waals surface area contributed by atoms with Gasteiger partial charge in [-0.1, -0.05) is 24.3 Å². The molecular formula is C22H24FN3O3. The van der Waals surface area contributed by atoms with Crippen molar-refractivity contribution in [3.8, 4) is 5.75 Å². The zero-order chi connectivity index (χ0) is 20.2. The second-order valence-electron chi connectivity index (χ2n) is 7.36. The Balaban J connectivity index is 1.30. The number of halogens is 1. The zero-order valence-electron chi connectivity index (χ0n) is 16.1. The van der Waals surface area contributed by atoms with Crippen molar-refractivity contribution in [2.24, 2.45) is 5.92 Å². The SMILES string of the molecule is O=C(NCc1cccc(F)c1)C1CCN(C(=O)N2CCOc3ccccc32)CC1. The molecule has 1 fully saturated rings. The monoisotopic (exact) mass is 397 g/mol. The Hall–Kier alpha value is -3.09. The Kier molecular flexibility index (Phi) is 5.64. The Morgan fingerprint density at radius 1 is 1.07 bits per heavy atom. The van der Waals surface area contributed by atoms with E-state index in [1.54, 1.807) is 21.9 Å². The third-order valence-corrected chi connectivity index (χ3v) is 5.45. The summed E-state index contributed by atoms with van der Waals surface area (Å²) in [7, 11) is 0. The molecule has 0 radical (unpaired) electrons. The lowest BCUT2D eigenvalue weighted by molar-refractivity contribution is -0.126. The molecule has 7 heteroatoms. The topological polar surface area (TPSA) is 61.9 Å². The van der Waals surface area contributed by atoms with E-state index in [9.17, 15) is 14.0 Å². The van der Waals surface area contributed by atoms with Crippen LogP contribution in [0.2, 0.25) is 0 Å². The van der Waals surface area contributed by atoms with Crippen molar-refractivity contribution in [1.29, 1.82) is 0 Å². The minimum Gasteiger partial charge on any atom is -0.490 e. The average molecular weight is 397 g/mol. The zero-order valence-corrected chi connectivity index (χ0v) is 16.1. The summed E-state index contributed by atoms with van der Waals surface area (Å²) in [5.41, 5.74) is 1.52. The van der Waals surface area contributed by atoms with Crippen LogP contribution in [0.5, 0.6) is 5.75 Å². The first-order valence-corrected chi connectivity index (χ1v) is 9.92. The van der Waals surface area contributed by atoms with Gasteiger partial charge < -0.3 is 15.0 Å². The number of nitrogens with zero attached hydrogens (tertiary/aromatic N) is 2. The second-order valence-corrected chi connectivity index (χ2v) is 7.36. The predicted molar refractivity (Wildman–Crippen MR) is 107 cm³/mol. The smallest absolute Gasteiger partial charge is 0.324 e. The van der Waals surface area contributed by atoms with Gasteiger partial charge in [0.15, 0.2) is 0 Å². The van der Waals surface area contributed by atoms with Crippen LogP contribution in [-0.4, -0.2) is 43.1 Å². The van der Waals surface area contributed by atoms with Gasteiger partial charge in [-0.3, -0.25) is 9.69 Å². The Morgan fingerprint density at radius 3 is 2.66 bits per heavy atom. The highest BCUT2D eigenvalue weighted by molar-refractivity contribution is 5.94. The molecule has 2 heterocycles. The van der Waals surface area contributed by atoms with Crippen LogP contribution in [0.15, 0.2) is 48.5 Å². The molecule has 0 atom stereocenters. The Labute approximate surface area is 169 Å². The molecule has 29 heavy (non-hydrogen) atoms. The number of ether oxygens (including phenoxy) is 1. The minimum atomic E-state index is -0.312. The molecule has 0 saturated carbocycles. The fourth-order valence-corrected chi connectivity index (χ4v) is 3.85. The van der Waals surface area contributed by atoms with E-state index in [1.165, 1.54) is 12.1 Å². The molecule has 0 aliphatic carbocycles. The number of anilines is 1. The number of piperidine rings is 1. The molecule has 0 aromatic heterocycles. The first-order chi connectivity index (χ1) is 14.1. The number of carbonyl (C=O) groups is 2. The maximum atomic E-state index is 13.2. The van der Waals surface area contributed by atoms with E-state index in [1.807, 2.05) is 24.3 Å². The number of amides is 3. The lowest BCUT2D eigenvalue weighted by atomic mass is 9.96. The van der Waals surface area contributed by atoms with Gasteiger partial charge in [-0.05, 0) is 42.7 Å². The summed E-state index contributed by atoms with van der Waals surface area (Å²) in [5.74, 6) is 0.231. The molecular weight excluding hydrogens is 373 g/mol. The average Bonchev–Trinajstić information content (AvgIpc) is 2.77. The minimum absolute atomic E-state index is 0.0423. The standard InChI is InChI=1S/C22H24FN3O3/c23-18-5-3-4-16(14-18)15-24-21(27)17-8-10-25(11-9-17)22(28)26-12-13-29-20-7-2-1-6-19(20)26/h1-7,14,17H,8-13,15H2,(H,24,27). The van der Waals surface area contributed by atoms with Crippen LogP contribution in [0.1, 0.15) is 18.4 Å². The summed E-state index contributed by atoms with van der Waals surface area (Å²) in [6, 6.07) is 13.7. The van der Waals surface area contributed by atoms with Gasteiger partial charge in [0, 0.05) is 25.6 Å². The molecule has 1 saturated heterocycles. The molecule has 0 unspecified atom stereocenters. The number of hydrogen-bond donors (Lipinski definition) is 1. The summed E-state index contributed by atoms with van der Waals surface area (Å²) in [6.07, 6.45) is 1.24. The summed E-state index contributed by atoms with van der Waals surface area (Å²) in [6.45, 7) is 2.37. The Morgan fingerprint density at radius 2 is 1.86 bits per heavy atom. The van der Waals surface area contributed by atoms with Crippen molar-refractivity contribution >= 4 is 17.6 Å². The molecule has 2 aromatic carbocycles. The number of fused-ring (bicyclic) bond motifs is 1. The maximum Gasteiger partial charge on any atom is 0.324 e. The number of para-hydroxylation sites is 2. The Bertz CT molecular complexity index is 896. The maximum absolute atomic E-state index is 13.2. The number of urea groups is 1. The van der Waals surface area contributed by atoms with Gasteiger partial charge in [0.05, 0.1) is 12.2 Å². The number of rotatable bonds is 3. The van der Waals surface area contributed by atoms with Gasteiger partial charge in [-0.2, -0.15) is 0 Å². The third kappa shape index (κ3) is 4.34. The molecule has 4 rings (SSSR count). The number of hydrogen-bond acceptors (Lipinski definition) is 3. The van der Waals surface area contributed by atoms with Crippen LogP contribution in [0.3, 0.4) is 0 Å². The van der Waals surface area contributed by atoms with E-state index in [4.69, 9.17) is 4.74 Å². The quantitative estimate of drug-likeness (QED) is 0.865. The lowest BCUT2D eigenvalue weighted by Crippen LogP contribution is -2.50. The molecule has 2 aromatic rings. The van der Waals surface area contributed by atoms with Gasteiger partial charge in [-0.15, -0.1) is 0 Å². The fraction of sp³-hybridized carbons (Fsp3) is 0.364. The molecule has 2 aliphatic rings. The van der Waals surface area contributed by atoms with E-state index in [-0.39, 0.29) is 23.7 Å². The van der Waals surface area contributed by atoms with Crippen molar-refractivity contribution in [3.05, 3.63) is 59.9 Å². The first-order valence-electron chi connectivity index (χ1n) is 9.92. The van der Waals surface area contributed by atoms with Gasteiger partial charge >= 0.3 is 6.03 Å². The van der Waals surface area contributed by atoms with E-state index in [0.29, 0.717) is 45.6 Å². The summed E-state index contributed by atoms with van der Waals surface area (Å²) >= 11 is 0. The van der Waals surface area contributed by atoms with Crippen LogP contribution in [0.4, 0.5) is 14.9 Å². The van der Waals surface area contributed by atoms with Gasteiger partial charge in [0.25, 0.3) is 0 Å². The molecule has 2 aliphatic heterocycles. The number of nitrogens with one attached hydrogen (secondary N) is 1. The number of carbonyl (C=O) groups excluding carboxylic acids is 2. The molecule has 3 amide bonds. The summed E-state index contributed by atoms with van der Waals surface area (Å²) < 4.78 is 18.9. The van der Waals surface area contributed by atoms with E-state index >= 15 is 0 Å². The van der Waals surface area contributed by atoms with Gasteiger partial charge in [0.2, 0.25) is 5.91 Å². The van der Waals surface area contributed by atoms with Crippen LogP contribution in [0, 0.1) is 11.7 Å². The van der Waals surface area contributed by atoms with Crippen LogP contribution in [-0.2, 0) is 11.3 Å². The predicted octanol–water partition coefficient (Wildman–Crippen LogP) is 3.17. The highest BCUT2D eigenvalue weighted by Gasteiger charge is 2.32. The summed E-state index contributed by atoms with van der Waals surface area (Å²) in [4.78, 5) is 29.0. The second kappa shape index (κ2) is 8.51. The molecule has 152 valence electrons. The van der Waals surface area contributed by atoms with Crippen molar-refractivity contribution in [3.63, 3.8) is 0 Å². The lowest BCUT2D eigenvalue weighted by Gasteiger charge is -2.37. The van der Waals surface area contributed by atoms with Crippen molar-refractivity contribution in [1.82, 2.24) is 10.2 Å². The van der Waals surface area contributed by atoms with E-state index in [2.05, 4.69) is 5.32 Å². The largest absolute Gasteiger partial charge is 0.490 e.